The van der Waals surface area contributed by atoms with Crippen molar-refractivity contribution in [2.75, 3.05) is 46.1 Å². The van der Waals surface area contributed by atoms with Crippen LogP contribution in [0, 0.1) is 5.92 Å². The number of nitrogens with one attached hydrogen (secondary N) is 8. The van der Waals surface area contributed by atoms with E-state index in [2.05, 4.69) is 47.5 Å². The van der Waals surface area contributed by atoms with Gasteiger partial charge in [0.1, 0.15) is 128 Å². The Hall–Kier alpha value is -7.61. The second kappa shape index (κ2) is 33.3. The number of carbonyl (C=O) groups excluding carboxylic acids is 7. The molecule has 4 saturated heterocycles. The smallest absolute Gasteiger partial charge is 0.346 e. The number of guanidine groups is 2. The Bertz CT molecular complexity index is 3120. The molecule has 38 nitrogen and oxygen atoms in total. The summed E-state index contributed by atoms with van der Waals surface area (Å²) in [6.45, 7) is -0.380. The molecule has 2 aromatic rings. The van der Waals surface area contributed by atoms with Crippen LogP contribution in [0.25, 0.3) is 0 Å². The van der Waals surface area contributed by atoms with Gasteiger partial charge < -0.3 is 138 Å². The molecule has 6 heterocycles. The van der Waals surface area contributed by atoms with Crippen LogP contribution in [0.15, 0.2) is 59.6 Å². The Kier molecular flexibility index (Phi) is 25.8. The lowest BCUT2D eigenvalue weighted by molar-refractivity contribution is -0.663. The van der Waals surface area contributed by atoms with E-state index in [4.69, 9.17) is 39.9 Å². The summed E-state index contributed by atoms with van der Waals surface area (Å²) in [6.07, 6.45) is -31.8. The number of nitrogens with two attached hydrogens (primary N) is 2. The SMILES string of the molecule is CC(C)CC(=O)O[C@@H]1[C@H](O)[C@@H](O[C@H]2[C@H](O)[C@H](O)[C@@H](Oc3ccc(C[C@H]4NC(=O)[C@H]([C@@H](C)c5ccccc5)NC(=O)CNC(=O)[C@H](CO)NC(=O)[C@@H]([C@H](O)[C@@H]5CNC(N)=[N+]5[C@H]5O[C@H](CO)[C@@H](O)[C@H](O)[C@@H]5O)NC(=O)[C@H]([C@H](O)[C@@H]5CNC(N)=N5)NC4=O)cc3)O[C@@H]2CO)O[C@H](CO)[C@H]1O. The zero-order valence-corrected chi connectivity index (χ0v) is 52.7. The van der Waals surface area contributed by atoms with Gasteiger partial charge in [0.25, 0.3) is 0 Å². The summed E-state index contributed by atoms with van der Waals surface area (Å²) in [5, 5.41) is 162. The van der Waals surface area contributed by atoms with Crippen molar-refractivity contribution in [1.29, 1.82) is 0 Å². The van der Waals surface area contributed by atoms with Crippen LogP contribution >= 0.6 is 0 Å². The van der Waals surface area contributed by atoms with Gasteiger partial charge in [0.2, 0.25) is 48.0 Å². The van der Waals surface area contributed by atoms with E-state index in [0.717, 1.165) is 4.58 Å². The number of amides is 6. The number of rotatable bonds is 20. The van der Waals surface area contributed by atoms with E-state index in [9.17, 15) is 90.4 Å². The number of hydrogen-bond donors (Lipinski definition) is 23. The predicted molar refractivity (Wildman–Crippen MR) is 326 cm³/mol. The monoisotopic (exact) mass is 1380 g/mol. The molecule has 6 aliphatic rings. The normalized spacial score (nSPS) is 35.9. The number of esters is 1. The molecule has 0 saturated carbocycles. The molecule has 8 rings (SSSR count). The number of ether oxygens (including phenoxy) is 6. The molecule has 0 radical (unpaired) electrons. The van der Waals surface area contributed by atoms with Crippen LogP contribution in [-0.2, 0) is 63.7 Å². The Labute approximate surface area is 553 Å². The molecular weight excluding hydrogens is 1290 g/mol. The van der Waals surface area contributed by atoms with Gasteiger partial charge in [-0.1, -0.05) is 63.2 Å². The van der Waals surface area contributed by atoms with Crippen LogP contribution in [-0.4, -0.2) is 317 Å². The van der Waals surface area contributed by atoms with Crippen molar-refractivity contribution in [2.45, 2.75) is 186 Å². The maximum absolute atomic E-state index is 15.2. The first-order chi connectivity index (χ1) is 46.1. The Morgan fingerprint density at radius 2 is 1.21 bits per heavy atom. The molecule has 0 spiro atoms. The second-order valence-corrected chi connectivity index (χ2v) is 24.7. The van der Waals surface area contributed by atoms with E-state index in [-0.39, 0.29) is 42.1 Å². The molecule has 25 atom stereocenters. The molecule has 6 aliphatic heterocycles. The number of aliphatic imine (C=N–C) groups is 1. The average Bonchev–Trinajstić information content (AvgIpc) is 1.76. The molecule has 538 valence electrons. The summed E-state index contributed by atoms with van der Waals surface area (Å²) in [4.78, 5) is 104. The van der Waals surface area contributed by atoms with E-state index in [1.54, 1.807) is 51.1 Å². The molecule has 6 amide bonds. The fourth-order valence-corrected chi connectivity index (χ4v) is 11.9. The van der Waals surface area contributed by atoms with E-state index in [1.807, 2.05) is 0 Å². The van der Waals surface area contributed by atoms with Gasteiger partial charge in [-0.05, 0) is 29.2 Å². The third-order valence-corrected chi connectivity index (χ3v) is 17.4. The lowest BCUT2D eigenvalue weighted by Crippen LogP contribution is -2.68. The minimum Gasteiger partial charge on any atom is -0.462 e. The van der Waals surface area contributed by atoms with Gasteiger partial charge in [-0.3, -0.25) is 44.6 Å². The van der Waals surface area contributed by atoms with Gasteiger partial charge in [0.05, 0.1) is 39.0 Å². The van der Waals surface area contributed by atoms with Crippen molar-refractivity contribution in [2.24, 2.45) is 22.4 Å². The van der Waals surface area contributed by atoms with Crippen molar-refractivity contribution in [3.05, 3.63) is 65.7 Å². The van der Waals surface area contributed by atoms with E-state index < -0.39 is 240 Å². The lowest BCUT2D eigenvalue weighted by atomic mass is 9.92. The minimum absolute atomic E-state index is 0.0844. The van der Waals surface area contributed by atoms with Gasteiger partial charge in [-0.25, -0.2) is 9.57 Å². The highest BCUT2D eigenvalue weighted by Crippen LogP contribution is 2.33. The number of aliphatic hydroxyl groups excluding tert-OH is 13. The van der Waals surface area contributed by atoms with E-state index in [1.165, 1.54) is 24.3 Å². The first-order valence-electron chi connectivity index (χ1n) is 31.3. The third-order valence-electron chi connectivity index (χ3n) is 17.4. The number of nitrogens with zero attached hydrogens (tertiary/aromatic N) is 2. The summed E-state index contributed by atoms with van der Waals surface area (Å²) in [6, 6.07) is 0.764. The zero-order chi connectivity index (χ0) is 70.9. The fraction of sp³-hybridized carbons (Fsp3) is 0.644. The molecule has 0 unspecified atom stereocenters. The minimum atomic E-state index is -2.34. The predicted octanol–water partition coefficient (Wildman–Crippen LogP) is -12.7. The van der Waals surface area contributed by atoms with Crippen molar-refractivity contribution in [3.63, 3.8) is 0 Å². The highest BCUT2D eigenvalue weighted by molar-refractivity contribution is 5.98. The molecular formula is C59H87N12O26+. The average molecular weight is 1380 g/mol. The highest BCUT2D eigenvalue weighted by atomic mass is 16.7. The zero-order valence-electron chi connectivity index (χ0n) is 52.7. The van der Waals surface area contributed by atoms with Crippen molar-refractivity contribution < 1.29 is 133 Å². The highest BCUT2D eigenvalue weighted by Gasteiger charge is 2.55. The Morgan fingerprint density at radius 1 is 0.598 bits per heavy atom. The van der Waals surface area contributed by atoms with Gasteiger partial charge in [0, 0.05) is 25.3 Å². The molecule has 97 heavy (non-hydrogen) atoms. The summed E-state index contributed by atoms with van der Waals surface area (Å²) in [5.74, 6) is -9.87. The van der Waals surface area contributed by atoms with Crippen LogP contribution < -0.4 is 58.7 Å². The summed E-state index contributed by atoms with van der Waals surface area (Å²) in [7, 11) is 0. The molecule has 0 aliphatic carbocycles. The third kappa shape index (κ3) is 17.6. The van der Waals surface area contributed by atoms with Gasteiger partial charge in [-0.2, -0.15) is 0 Å². The van der Waals surface area contributed by atoms with Gasteiger partial charge in [0.15, 0.2) is 18.4 Å². The Morgan fingerprint density at radius 3 is 1.84 bits per heavy atom. The van der Waals surface area contributed by atoms with Crippen LogP contribution in [0.3, 0.4) is 0 Å². The standard InChI is InChI=1S/C59H86N12O26/c1-22(2)13-35(77)96-49-42(81)32(20-74)94-57(47(49)86)97-48-33(21-75)95-56(46(85)44(48)83)92-26-11-9-24(10-12-26)14-27-51(88)69-37(39(78)28-15-63-58(60)67-28)54(91)70-38(40(79)30-16-64-59(61)71(30)55-45(84)43(82)41(80)31(19-73)93-55)53(90)66-29(18-72)50(87)62-17-34(76)68-36(52(89)65-27)23(3)25-7-5-4-6-8-25/h4-12,22-23,27-33,36-49,55-57,72-75,78-86H,13-21H2,1-3H3,(H11,60,61,62,63,64,65,66,67,68,69,70,76,87,88,89,90,91)/p+1/t23-,27+,28-,29-,30-,31+,32+,33+,36-,37-,38+,39+,40+,41+,42+,43-,44+,45-,46-,47-,48+,49-,55-,56-,57+/m0/s1. The van der Waals surface area contributed by atoms with Gasteiger partial charge in [-0.15, -0.1) is 0 Å². The molecule has 4 fully saturated rings. The van der Waals surface area contributed by atoms with E-state index in [0.29, 0.717) is 5.56 Å². The largest absolute Gasteiger partial charge is 0.462 e. The topological polar surface area (TPSA) is 602 Å². The molecule has 25 N–H and O–H groups in total. The van der Waals surface area contributed by atoms with Crippen LogP contribution in [0.5, 0.6) is 5.75 Å². The van der Waals surface area contributed by atoms with Crippen molar-refractivity contribution in [3.8, 4) is 5.75 Å². The lowest BCUT2D eigenvalue weighted by Gasteiger charge is -2.46. The van der Waals surface area contributed by atoms with Crippen LogP contribution in [0.2, 0.25) is 0 Å². The summed E-state index contributed by atoms with van der Waals surface area (Å²) >= 11 is 0. The number of aliphatic hydroxyl groups is 13. The first kappa shape index (κ1) is 75.2. The van der Waals surface area contributed by atoms with Crippen molar-refractivity contribution in [1.82, 2.24) is 42.5 Å². The second-order valence-electron chi connectivity index (χ2n) is 24.7. The quantitative estimate of drug-likeness (QED) is 0.0432. The van der Waals surface area contributed by atoms with Gasteiger partial charge >= 0.3 is 11.9 Å². The Balaban J connectivity index is 1.09. The number of benzene rings is 2. The van der Waals surface area contributed by atoms with E-state index >= 15 is 9.59 Å². The summed E-state index contributed by atoms with van der Waals surface area (Å²) < 4.78 is 35.1. The van der Waals surface area contributed by atoms with Crippen LogP contribution in [0.1, 0.15) is 44.2 Å². The van der Waals surface area contributed by atoms with Crippen molar-refractivity contribution >= 4 is 53.3 Å². The molecule has 0 aromatic heterocycles. The number of carbonyl (C=O) groups is 7. The maximum atomic E-state index is 15.2. The molecule has 0 bridgehead atoms. The first-order valence-corrected chi connectivity index (χ1v) is 31.3. The molecule has 38 heteroatoms. The number of hydrogen-bond acceptors (Lipinski definition) is 31. The fourth-order valence-electron chi connectivity index (χ4n) is 11.9. The maximum Gasteiger partial charge on any atom is 0.346 e. The summed E-state index contributed by atoms with van der Waals surface area (Å²) in [5.41, 5.74) is 12.9. The molecule has 2 aromatic carbocycles. The van der Waals surface area contributed by atoms with Crippen LogP contribution in [0.4, 0.5) is 0 Å².